The quantitative estimate of drug-likeness (QED) is 0.171. The average molecular weight is 761 g/mol. The molecule has 0 spiro atoms. The Hall–Kier alpha value is -6.85. The van der Waals surface area contributed by atoms with E-state index in [9.17, 15) is 0 Å². The summed E-state index contributed by atoms with van der Waals surface area (Å²) in [5.74, 6) is 0. The van der Waals surface area contributed by atoms with E-state index in [1.807, 2.05) is 22.7 Å². The van der Waals surface area contributed by atoms with E-state index in [1.54, 1.807) is 0 Å². The van der Waals surface area contributed by atoms with E-state index >= 15 is 0 Å². The molecule has 8 aromatic carbocycles. The minimum Gasteiger partial charge on any atom is -0.309 e. The third-order valence-electron chi connectivity index (χ3n) is 11.4. The maximum absolute atomic E-state index is 5.47. The molecule has 0 saturated heterocycles. The van der Waals surface area contributed by atoms with Gasteiger partial charge in [-0.15, -0.1) is 22.7 Å². The van der Waals surface area contributed by atoms with Gasteiger partial charge in [-0.2, -0.15) is 0 Å². The molecule has 0 aliphatic carbocycles. The molecular weight excluding hydrogens is 729 g/mol. The molecule has 0 bridgehead atoms. The fourth-order valence-corrected chi connectivity index (χ4v) is 11.2. The standard InChI is InChI=1S/C53H32N2S2/c1-2-13-33(14-3-1)34-15-10-17-36(29-34)44-31-37(32-45(54-44)41-22-12-26-50-51(41)43-21-6-9-25-49(43)56-50)35-16-11-18-38(30-35)55-46-23-7-4-20-42(46)52-47(55)28-27-40-39-19-5-8-24-48(39)57-53(40)52/h1-32H. The second-order valence-electron chi connectivity index (χ2n) is 14.7. The van der Waals surface area contributed by atoms with E-state index < -0.39 is 0 Å². The number of aromatic nitrogens is 2. The van der Waals surface area contributed by atoms with Gasteiger partial charge in [-0.25, -0.2) is 4.98 Å². The van der Waals surface area contributed by atoms with Crippen LogP contribution in [0.3, 0.4) is 0 Å². The first-order valence-corrected chi connectivity index (χ1v) is 20.9. The normalized spacial score (nSPS) is 11.9. The van der Waals surface area contributed by atoms with Crippen LogP contribution in [0.1, 0.15) is 0 Å². The molecule has 0 aliphatic rings. The number of fused-ring (bicyclic) bond motifs is 10. The first-order chi connectivity index (χ1) is 28.2. The molecule has 57 heavy (non-hydrogen) atoms. The summed E-state index contributed by atoms with van der Waals surface area (Å²) < 4.78 is 7.68. The van der Waals surface area contributed by atoms with Crippen LogP contribution in [0.25, 0.3) is 113 Å². The van der Waals surface area contributed by atoms with E-state index in [-0.39, 0.29) is 0 Å². The van der Waals surface area contributed by atoms with Gasteiger partial charge in [0.25, 0.3) is 0 Å². The number of nitrogens with zero attached hydrogens (tertiary/aromatic N) is 2. The summed E-state index contributed by atoms with van der Waals surface area (Å²) in [4.78, 5) is 5.47. The SMILES string of the molecule is c1ccc(-c2cccc(-c3cc(-c4cccc(-n5c6ccccc6c6c7sc8ccccc8c7ccc65)c4)cc(-c4cccc5sc6ccccc6c45)n3)c2)cc1. The van der Waals surface area contributed by atoms with Gasteiger partial charge in [0.05, 0.1) is 22.4 Å². The summed E-state index contributed by atoms with van der Waals surface area (Å²) in [7, 11) is 0. The van der Waals surface area contributed by atoms with Gasteiger partial charge in [0.15, 0.2) is 0 Å². The maximum Gasteiger partial charge on any atom is 0.0722 e. The molecule has 0 radical (unpaired) electrons. The van der Waals surface area contributed by atoms with Crippen LogP contribution in [0.2, 0.25) is 0 Å². The highest BCUT2D eigenvalue weighted by atomic mass is 32.1. The van der Waals surface area contributed by atoms with E-state index in [1.165, 1.54) is 73.3 Å². The number of hydrogen-bond donors (Lipinski definition) is 0. The molecule has 12 aromatic rings. The van der Waals surface area contributed by atoms with Crippen molar-refractivity contribution in [2.45, 2.75) is 0 Å². The molecule has 0 atom stereocenters. The third-order valence-corrected chi connectivity index (χ3v) is 13.7. The molecule has 0 N–H and O–H groups in total. The minimum absolute atomic E-state index is 0.950. The molecule has 0 unspecified atom stereocenters. The Morgan fingerprint density at radius 2 is 1.00 bits per heavy atom. The number of pyridine rings is 1. The predicted molar refractivity (Wildman–Crippen MR) is 246 cm³/mol. The predicted octanol–water partition coefficient (Wildman–Crippen LogP) is 15.6. The Morgan fingerprint density at radius 3 is 1.88 bits per heavy atom. The van der Waals surface area contributed by atoms with Crippen molar-refractivity contribution in [3.63, 3.8) is 0 Å². The summed E-state index contributed by atoms with van der Waals surface area (Å²) in [5.41, 5.74) is 12.4. The lowest BCUT2D eigenvalue weighted by molar-refractivity contribution is 1.18. The molecule has 2 nitrogen and oxygen atoms in total. The van der Waals surface area contributed by atoms with Crippen LogP contribution in [-0.4, -0.2) is 9.55 Å². The number of thiophene rings is 2. The molecule has 0 aliphatic heterocycles. The number of hydrogen-bond acceptors (Lipinski definition) is 3. The van der Waals surface area contributed by atoms with Crippen LogP contribution in [0, 0.1) is 0 Å². The van der Waals surface area contributed by atoms with Gasteiger partial charge < -0.3 is 4.57 Å². The van der Waals surface area contributed by atoms with Gasteiger partial charge >= 0.3 is 0 Å². The Morgan fingerprint density at radius 1 is 0.351 bits per heavy atom. The zero-order chi connectivity index (χ0) is 37.5. The first-order valence-electron chi connectivity index (χ1n) is 19.3. The first kappa shape index (κ1) is 32.4. The average Bonchev–Trinajstić information content (AvgIpc) is 3.96. The number of benzene rings is 8. The van der Waals surface area contributed by atoms with Crippen LogP contribution in [0.15, 0.2) is 194 Å². The largest absolute Gasteiger partial charge is 0.309 e. The Bertz CT molecular complexity index is 3530. The van der Waals surface area contributed by atoms with Crippen molar-refractivity contribution in [2.24, 2.45) is 0 Å². The second kappa shape index (κ2) is 12.9. The Balaban J connectivity index is 1.08. The molecular formula is C53H32N2S2. The molecule has 4 heteroatoms. The van der Waals surface area contributed by atoms with Gasteiger partial charge in [0, 0.05) is 67.9 Å². The van der Waals surface area contributed by atoms with Crippen molar-refractivity contribution < 1.29 is 0 Å². The molecule has 0 amide bonds. The maximum atomic E-state index is 5.47. The molecule has 0 fully saturated rings. The zero-order valence-electron chi connectivity index (χ0n) is 30.7. The van der Waals surface area contributed by atoms with Crippen molar-refractivity contribution in [3.05, 3.63) is 194 Å². The lowest BCUT2D eigenvalue weighted by Gasteiger charge is -2.14. The molecule has 12 rings (SSSR count). The van der Waals surface area contributed by atoms with Crippen molar-refractivity contribution in [2.75, 3.05) is 0 Å². The molecule has 4 aromatic heterocycles. The zero-order valence-corrected chi connectivity index (χ0v) is 32.3. The van der Waals surface area contributed by atoms with Gasteiger partial charge in [-0.1, -0.05) is 133 Å². The van der Waals surface area contributed by atoms with Crippen molar-refractivity contribution in [1.82, 2.24) is 9.55 Å². The van der Waals surface area contributed by atoms with E-state index in [4.69, 9.17) is 4.98 Å². The van der Waals surface area contributed by atoms with Crippen LogP contribution in [-0.2, 0) is 0 Å². The highest BCUT2D eigenvalue weighted by Crippen LogP contribution is 2.45. The van der Waals surface area contributed by atoms with Gasteiger partial charge in [-0.3, -0.25) is 0 Å². The molecule has 266 valence electrons. The molecule has 0 saturated carbocycles. The fourth-order valence-electron chi connectivity index (χ4n) is 8.80. The van der Waals surface area contributed by atoms with Gasteiger partial charge in [-0.05, 0) is 82.9 Å². The number of para-hydroxylation sites is 1. The Labute approximate surface area is 337 Å². The smallest absolute Gasteiger partial charge is 0.0722 e. The highest BCUT2D eigenvalue weighted by molar-refractivity contribution is 7.27. The van der Waals surface area contributed by atoms with Crippen molar-refractivity contribution >= 4 is 84.8 Å². The number of rotatable bonds is 5. The Kier molecular flexibility index (Phi) is 7.31. The fraction of sp³-hybridized carbons (Fsp3) is 0. The van der Waals surface area contributed by atoms with E-state index in [0.29, 0.717) is 0 Å². The summed E-state index contributed by atoms with van der Waals surface area (Å²) in [5, 5.41) is 7.77. The minimum atomic E-state index is 0.950. The van der Waals surface area contributed by atoms with Crippen LogP contribution in [0.4, 0.5) is 0 Å². The summed E-state index contributed by atoms with van der Waals surface area (Å²) in [6, 6.07) is 70.6. The monoisotopic (exact) mass is 760 g/mol. The van der Waals surface area contributed by atoms with Crippen LogP contribution >= 0.6 is 22.7 Å². The summed E-state index contributed by atoms with van der Waals surface area (Å²) >= 11 is 3.74. The lowest BCUT2D eigenvalue weighted by atomic mass is 9.96. The third kappa shape index (κ3) is 5.19. The molecule has 4 heterocycles. The van der Waals surface area contributed by atoms with Crippen LogP contribution < -0.4 is 0 Å². The summed E-state index contributed by atoms with van der Waals surface area (Å²) in [6.07, 6.45) is 0. The second-order valence-corrected chi connectivity index (χ2v) is 16.8. The topological polar surface area (TPSA) is 17.8 Å². The van der Waals surface area contributed by atoms with Gasteiger partial charge in [0.1, 0.15) is 0 Å². The van der Waals surface area contributed by atoms with Crippen molar-refractivity contribution in [1.29, 1.82) is 0 Å². The van der Waals surface area contributed by atoms with E-state index in [2.05, 4.69) is 199 Å². The van der Waals surface area contributed by atoms with Crippen LogP contribution in [0.5, 0.6) is 0 Å². The van der Waals surface area contributed by atoms with Gasteiger partial charge in [0.2, 0.25) is 0 Å². The summed E-state index contributed by atoms with van der Waals surface area (Å²) in [6.45, 7) is 0. The van der Waals surface area contributed by atoms with Crippen molar-refractivity contribution in [3.8, 4) is 50.5 Å². The highest BCUT2D eigenvalue weighted by Gasteiger charge is 2.19. The lowest BCUT2D eigenvalue weighted by Crippen LogP contribution is -1.95. The van der Waals surface area contributed by atoms with E-state index in [0.717, 1.165) is 39.3 Å².